The van der Waals surface area contributed by atoms with Crippen LogP contribution in [-0.2, 0) is 0 Å². The summed E-state index contributed by atoms with van der Waals surface area (Å²) in [5.41, 5.74) is 16.9. The highest BCUT2D eigenvalue weighted by molar-refractivity contribution is 6.29. The number of hydrogen-bond donors (Lipinski definition) is 0. The van der Waals surface area contributed by atoms with Gasteiger partial charge < -0.3 is 9.80 Å². The Bertz CT molecular complexity index is 6030. The van der Waals surface area contributed by atoms with Crippen LogP contribution >= 0.6 is 0 Å². The van der Waals surface area contributed by atoms with E-state index in [1.807, 2.05) is 0 Å². The Kier molecular flexibility index (Phi) is 14.9. The van der Waals surface area contributed by atoms with Crippen molar-refractivity contribution in [2.45, 2.75) is 0 Å². The van der Waals surface area contributed by atoms with Crippen molar-refractivity contribution >= 4 is 142 Å². The monoisotopic (exact) mass is 1290 g/mol. The van der Waals surface area contributed by atoms with Gasteiger partial charge in [0.2, 0.25) is 0 Å². The fourth-order valence-corrected chi connectivity index (χ4v) is 16.2. The molecule has 0 aromatic heterocycles. The number of nitrogens with zero attached hydrogens (tertiary/aromatic N) is 2. The second kappa shape index (κ2) is 25.5. The third-order valence-electron chi connectivity index (χ3n) is 20.7. The zero-order valence-electron chi connectivity index (χ0n) is 56.0. The Morgan fingerprint density at radius 2 is 0.363 bits per heavy atom. The summed E-state index contributed by atoms with van der Waals surface area (Å²) in [6.45, 7) is 0. The molecule has 0 heterocycles. The van der Waals surface area contributed by atoms with E-state index in [4.69, 9.17) is 0 Å². The first-order chi connectivity index (χ1) is 50.6. The molecule has 0 spiro atoms. The highest BCUT2D eigenvalue weighted by Gasteiger charge is 2.23. The number of fused-ring (bicyclic) bond motifs is 12. The second-order valence-electron chi connectivity index (χ2n) is 26.6. The van der Waals surface area contributed by atoms with Gasteiger partial charge in [0.25, 0.3) is 0 Å². The average Bonchev–Trinajstić information content (AvgIpc) is 0.704. The van der Waals surface area contributed by atoms with Crippen molar-refractivity contribution in [2.75, 3.05) is 9.80 Å². The van der Waals surface area contributed by atoms with Crippen molar-refractivity contribution in [3.63, 3.8) is 0 Å². The molecule has 20 aromatic rings. The van der Waals surface area contributed by atoms with Crippen molar-refractivity contribution in [2.24, 2.45) is 0 Å². The third kappa shape index (κ3) is 10.4. The average molecular weight is 1300 g/mol. The van der Waals surface area contributed by atoms with Gasteiger partial charge in [-0.25, -0.2) is 0 Å². The maximum absolute atomic E-state index is 2.40. The van der Waals surface area contributed by atoms with Crippen molar-refractivity contribution < 1.29 is 0 Å². The largest absolute Gasteiger partial charge is 0.310 e. The lowest BCUT2D eigenvalue weighted by Crippen LogP contribution is -2.09. The van der Waals surface area contributed by atoms with E-state index in [2.05, 4.69) is 410 Å². The number of rotatable bonds is 10. The minimum Gasteiger partial charge on any atom is -0.310 e. The normalized spacial score (nSPS) is 11.5. The lowest BCUT2D eigenvalue weighted by atomic mass is 9.82. The molecule has 0 aliphatic carbocycles. The molecular weight excluding hydrogens is 1230 g/mol. The fraction of sp³-hybridized carbons (Fsp3) is 0. The van der Waals surface area contributed by atoms with Gasteiger partial charge in [-0.2, -0.15) is 0 Å². The second-order valence-corrected chi connectivity index (χ2v) is 26.6. The first-order valence-corrected chi connectivity index (χ1v) is 35.2. The summed E-state index contributed by atoms with van der Waals surface area (Å²) in [6.07, 6.45) is 0. The molecule has 0 aliphatic heterocycles. The van der Waals surface area contributed by atoms with Crippen LogP contribution < -0.4 is 9.80 Å². The Balaban J connectivity index is 0.000000150. The topological polar surface area (TPSA) is 6.48 Å². The molecule has 20 rings (SSSR count). The molecule has 2 nitrogen and oxygen atoms in total. The van der Waals surface area contributed by atoms with Crippen molar-refractivity contribution in [3.05, 3.63) is 400 Å². The van der Waals surface area contributed by atoms with E-state index >= 15 is 0 Å². The van der Waals surface area contributed by atoms with Crippen LogP contribution in [0.5, 0.6) is 0 Å². The summed E-state index contributed by atoms with van der Waals surface area (Å²) in [5, 5.41) is 25.2. The number of hydrogen-bond acceptors (Lipinski definition) is 2. The molecule has 0 atom stereocenters. The molecule has 2 heteroatoms. The zero-order valence-corrected chi connectivity index (χ0v) is 56.0. The van der Waals surface area contributed by atoms with Gasteiger partial charge in [0.15, 0.2) is 0 Å². The van der Waals surface area contributed by atoms with Crippen LogP contribution in [0.4, 0.5) is 34.1 Å². The Labute approximate surface area is 592 Å². The minimum atomic E-state index is 1.13. The van der Waals surface area contributed by atoms with Crippen molar-refractivity contribution in [1.82, 2.24) is 0 Å². The van der Waals surface area contributed by atoms with Crippen LogP contribution in [0, 0.1) is 0 Å². The molecule has 0 aliphatic rings. The van der Waals surface area contributed by atoms with Crippen molar-refractivity contribution in [1.29, 1.82) is 0 Å². The number of para-hydroxylation sites is 4. The van der Waals surface area contributed by atoms with E-state index in [1.165, 1.54) is 152 Å². The SMILES string of the molecule is c1ccc(N(c2ccccc2)c2ccc3cc(-c4c5ccccc5c(-c5ccc6cc(N(c7ccccc7)c7ccccc7)ccc6c5)c5ccccc45)ccc3c2)cc1.c1ccc2c(c1)cc(-c1c3ccccc3c(-c3cc4ccccc4c4ccccc34)c3ccccc13)c1ccccc12. The van der Waals surface area contributed by atoms with Gasteiger partial charge >= 0.3 is 0 Å². The predicted molar refractivity (Wildman–Crippen MR) is 439 cm³/mol. The van der Waals surface area contributed by atoms with E-state index in [1.54, 1.807) is 0 Å². The Morgan fingerprint density at radius 3 is 0.676 bits per heavy atom. The molecule has 0 saturated carbocycles. The standard InChI is InChI=1S/C58H40N2.C42H26/c1-5-17-47(18-6-1)59(48-19-7-2-8-20-48)51-35-33-41-37-45(31-29-43(41)39-51)57-53-25-13-15-27-55(53)58(56-28-16-14-26-54(56)57)46-32-30-44-40-52(36-34-42(44)38-46)60(49-21-9-3-10-22-49)50-23-11-4-12-24-50;1-3-15-29-27(13-1)25-39(33-19-7-5-17-31(29)33)41-35-21-9-11-23-37(35)42(38-24-12-10-22-36(38)41)40-26-28-14-2-4-16-30(28)32-18-6-8-20-34(32)40/h1-40H;1-26H. The van der Waals surface area contributed by atoms with Gasteiger partial charge in [-0.15, -0.1) is 0 Å². The van der Waals surface area contributed by atoms with Crippen molar-refractivity contribution in [3.8, 4) is 44.5 Å². The van der Waals surface area contributed by atoms with Gasteiger partial charge in [-0.3, -0.25) is 0 Å². The van der Waals surface area contributed by atoms with Gasteiger partial charge in [0.05, 0.1) is 0 Å². The number of benzene rings is 20. The summed E-state index contributed by atoms with van der Waals surface area (Å²) in [7, 11) is 0. The first kappa shape index (κ1) is 59.8. The lowest BCUT2D eigenvalue weighted by molar-refractivity contribution is 1.29. The summed E-state index contributed by atoms with van der Waals surface area (Å²) in [5.74, 6) is 0. The highest BCUT2D eigenvalue weighted by atomic mass is 15.1. The van der Waals surface area contributed by atoms with Crippen LogP contribution in [0.2, 0.25) is 0 Å². The summed E-state index contributed by atoms with van der Waals surface area (Å²) in [6, 6.07) is 146. The minimum absolute atomic E-state index is 1.13. The Hall–Kier alpha value is -13.4. The predicted octanol–water partition coefficient (Wildman–Crippen LogP) is 28.5. The highest BCUT2D eigenvalue weighted by Crippen LogP contribution is 2.50. The van der Waals surface area contributed by atoms with Gasteiger partial charge in [0, 0.05) is 34.1 Å². The molecule has 0 saturated heterocycles. The molecular formula is C100H66N2. The molecule has 0 radical (unpaired) electrons. The van der Waals surface area contributed by atoms with Crippen LogP contribution in [0.1, 0.15) is 0 Å². The maximum Gasteiger partial charge on any atom is 0.0468 e. The smallest absolute Gasteiger partial charge is 0.0468 e. The molecule has 476 valence electrons. The summed E-state index contributed by atoms with van der Waals surface area (Å²) in [4.78, 5) is 4.64. The molecule has 0 amide bonds. The van der Waals surface area contributed by atoms with Crippen LogP contribution in [-0.4, -0.2) is 0 Å². The molecule has 102 heavy (non-hydrogen) atoms. The molecule has 0 bridgehead atoms. The van der Waals surface area contributed by atoms with Gasteiger partial charge in [-0.05, 0) is 249 Å². The molecule has 0 N–H and O–H groups in total. The summed E-state index contributed by atoms with van der Waals surface area (Å²) < 4.78 is 0. The third-order valence-corrected chi connectivity index (χ3v) is 20.7. The fourth-order valence-electron chi connectivity index (χ4n) is 16.2. The number of anilines is 6. The van der Waals surface area contributed by atoms with Gasteiger partial charge in [-0.1, -0.05) is 303 Å². The molecule has 20 aromatic carbocycles. The first-order valence-electron chi connectivity index (χ1n) is 35.2. The van der Waals surface area contributed by atoms with E-state index in [0.29, 0.717) is 0 Å². The zero-order chi connectivity index (χ0) is 67.5. The van der Waals surface area contributed by atoms with E-state index < -0.39 is 0 Å². The molecule has 0 unspecified atom stereocenters. The lowest BCUT2D eigenvalue weighted by Gasteiger charge is -2.26. The maximum atomic E-state index is 2.40. The quantitative estimate of drug-likeness (QED) is 0.0995. The van der Waals surface area contributed by atoms with E-state index in [-0.39, 0.29) is 0 Å². The van der Waals surface area contributed by atoms with Crippen LogP contribution in [0.3, 0.4) is 0 Å². The van der Waals surface area contributed by atoms with Crippen LogP contribution in [0.15, 0.2) is 400 Å². The van der Waals surface area contributed by atoms with E-state index in [9.17, 15) is 0 Å². The van der Waals surface area contributed by atoms with Gasteiger partial charge in [0.1, 0.15) is 0 Å². The van der Waals surface area contributed by atoms with Crippen LogP contribution in [0.25, 0.3) is 152 Å². The summed E-state index contributed by atoms with van der Waals surface area (Å²) >= 11 is 0. The molecule has 0 fully saturated rings. The Morgan fingerprint density at radius 1 is 0.127 bits per heavy atom. The van der Waals surface area contributed by atoms with E-state index in [0.717, 1.165) is 34.1 Å².